The van der Waals surface area contributed by atoms with Gasteiger partial charge >= 0.3 is 0 Å². The molecule has 1 fully saturated rings. The first-order chi connectivity index (χ1) is 20.0. The molecule has 0 spiro atoms. The number of hydrogen-bond donors (Lipinski definition) is 1. The summed E-state index contributed by atoms with van der Waals surface area (Å²) in [5.74, 6) is 0.744. The Kier molecular flexibility index (Phi) is 6.36. The number of aromatic nitrogens is 4. The Balaban J connectivity index is 1.38. The number of aryl methyl sites for hydroxylation is 1. The average molecular weight is 572 g/mol. The van der Waals surface area contributed by atoms with Crippen molar-refractivity contribution in [2.75, 3.05) is 48.4 Å². The second-order valence-corrected chi connectivity index (χ2v) is 10.4. The maximum Gasteiger partial charge on any atom is 0.219 e. The predicted octanol–water partition coefficient (Wildman–Crippen LogP) is 5.96. The van der Waals surface area contributed by atoms with E-state index in [1.165, 1.54) is 12.4 Å². The molecule has 0 bridgehead atoms. The summed E-state index contributed by atoms with van der Waals surface area (Å²) >= 11 is 6.69. The summed E-state index contributed by atoms with van der Waals surface area (Å²) in [6.07, 6.45) is 1.45. The zero-order valence-corrected chi connectivity index (χ0v) is 23.1. The largest absolute Gasteiger partial charge is 0.436 e. The summed E-state index contributed by atoms with van der Waals surface area (Å²) in [7, 11) is 0. The summed E-state index contributed by atoms with van der Waals surface area (Å²) in [4.78, 5) is 17.7. The Hall–Kier alpha value is -4.41. The van der Waals surface area contributed by atoms with Crippen LogP contribution < -0.4 is 20.3 Å². The van der Waals surface area contributed by atoms with Crippen LogP contribution in [0.25, 0.3) is 22.2 Å². The molecule has 11 heteroatoms. The molecule has 2 aliphatic rings. The Morgan fingerprint density at radius 1 is 1.00 bits per heavy atom. The number of benzene rings is 2. The van der Waals surface area contributed by atoms with Crippen LogP contribution in [-0.4, -0.2) is 52.4 Å². The molecule has 7 rings (SSSR count). The molecule has 2 aromatic carbocycles. The van der Waals surface area contributed by atoms with Crippen molar-refractivity contribution in [3.8, 4) is 22.8 Å². The number of nitrogens with zero attached hydrogens (tertiary/aromatic N) is 6. The summed E-state index contributed by atoms with van der Waals surface area (Å²) < 4.78 is 29.1. The van der Waals surface area contributed by atoms with Crippen molar-refractivity contribution in [2.45, 2.75) is 13.5 Å². The van der Waals surface area contributed by atoms with Gasteiger partial charge in [0.1, 0.15) is 22.9 Å². The zero-order chi connectivity index (χ0) is 28.1. The summed E-state index contributed by atoms with van der Waals surface area (Å²) in [6, 6.07) is 16.2. The van der Waals surface area contributed by atoms with E-state index >= 15 is 4.39 Å². The third-order valence-corrected chi connectivity index (χ3v) is 7.82. The van der Waals surface area contributed by atoms with Crippen molar-refractivity contribution in [1.82, 2.24) is 19.5 Å². The van der Waals surface area contributed by atoms with Gasteiger partial charge in [-0.3, -0.25) is 0 Å². The lowest BCUT2D eigenvalue weighted by molar-refractivity contribution is 0.123. The van der Waals surface area contributed by atoms with E-state index in [1.807, 2.05) is 37.3 Å². The highest BCUT2D eigenvalue weighted by Crippen LogP contribution is 2.50. The van der Waals surface area contributed by atoms with E-state index in [0.717, 1.165) is 41.5 Å². The summed E-state index contributed by atoms with van der Waals surface area (Å²) in [6.45, 7) is 5.96. The number of fused-ring (bicyclic) bond motifs is 3. The van der Waals surface area contributed by atoms with Gasteiger partial charge < -0.3 is 29.6 Å². The number of halogens is 2. The van der Waals surface area contributed by atoms with E-state index in [4.69, 9.17) is 26.8 Å². The van der Waals surface area contributed by atoms with Gasteiger partial charge in [0.2, 0.25) is 5.88 Å². The number of anilines is 4. The Morgan fingerprint density at radius 2 is 1.83 bits per heavy atom. The van der Waals surface area contributed by atoms with Crippen molar-refractivity contribution < 1.29 is 13.9 Å². The minimum Gasteiger partial charge on any atom is -0.436 e. The molecule has 9 nitrogen and oxygen atoms in total. The molecule has 2 N–H and O–H groups in total. The SMILES string of the molecule is Cc1cccc(Oc2ccc(-c3c4n(c5ncnc(Cl)c35)CCN4c3cccc(N)c3N3CCOCC3)cc2F)n1. The fourth-order valence-corrected chi connectivity index (χ4v) is 5.98. The number of para-hydroxylation sites is 1. The van der Waals surface area contributed by atoms with Crippen LogP contribution in [0.1, 0.15) is 5.69 Å². The third kappa shape index (κ3) is 4.39. The van der Waals surface area contributed by atoms with Crippen LogP contribution in [0, 0.1) is 12.7 Å². The van der Waals surface area contributed by atoms with Gasteiger partial charge in [0.05, 0.1) is 35.7 Å². The van der Waals surface area contributed by atoms with E-state index in [9.17, 15) is 0 Å². The van der Waals surface area contributed by atoms with Crippen molar-refractivity contribution in [3.63, 3.8) is 0 Å². The van der Waals surface area contributed by atoms with Gasteiger partial charge in [0.25, 0.3) is 0 Å². The van der Waals surface area contributed by atoms with E-state index in [2.05, 4.69) is 35.4 Å². The zero-order valence-electron chi connectivity index (χ0n) is 22.3. The van der Waals surface area contributed by atoms with Gasteiger partial charge in [-0.25, -0.2) is 19.3 Å². The lowest BCUT2D eigenvalue weighted by Crippen LogP contribution is -2.37. The molecule has 41 heavy (non-hydrogen) atoms. The quantitative estimate of drug-likeness (QED) is 0.204. The number of nitrogen functional groups attached to an aromatic ring is 1. The van der Waals surface area contributed by atoms with Gasteiger partial charge in [-0.05, 0) is 42.8 Å². The lowest BCUT2D eigenvalue weighted by Gasteiger charge is -2.34. The van der Waals surface area contributed by atoms with Crippen LogP contribution in [0.3, 0.4) is 0 Å². The second kappa shape index (κ2) is 10.2. The fourth-order valence-electron chi connectivity index (χ4n) is 5.75. The molecule has 0 radical (unpaired) electrons. The Morgan fingerprint density at radius 3 is 2.63 bits per heavy atom. The van der Waals surface area contributed by atoms with Crippen LogP contribution in [0.4, 0.5) is 27.3 Å². The van der Waals surface area contributed by atoms with Crippen molar-refractivity contribution >= 4 is 45.5 Å². The highest BCUT2D eigenvalue weighted by molar-refractivity contribution is 6.35. The first-order valence-electron chi connectivity index (χ1n) is 13.4. The van der Waals surface area contributed by atoms with Gasteiger partial charge in [0, 0.05) is 43.5 Å². The molecule has 5 aromatic rings. The molecular formula is C30H27ClFN7O2. The topological polar surface area (TPSA) is 94.6 Å². The molecule has 5 heterocycles. The highest BCUT2D eigenvalue weighted by atomic mass is 35.5. The van der Waals surface area contributed by atoms with E-state index < -0.39 is 5.82 Å². The molecule has 3 aromatic heterocycles. The van der Waals surface area contributed by atoms with E-state index in [1.54, 1.807) is 12.1 Å². The second-order valence-electron chi connectivity index (χ2n) is 10.0. The van der Waals surface area contributed by atoms with E-state index in [-0.39, 0.29) is 5.75 Å². The first kappa shape index (κ1) is 25.6. The molecule has 0 aliphatic carbocycles. The normalized spacial score (nSPS) is 15.0. The number of morpholine rings is 1. The standard InChI is InChI=1S/C30H27ClFN7O2/c1-18-4-2-7-24(36-18)41-23-9-8-19(16-20(23)32)25-26-28(31)34-17-35-29(26)39-11-10-38(30(25)39)22-6-3-5-21(33)27(22)37-12-14-40-15-13-37/h2-9,16-17H,10-15,33H2,1H3. The van der Waals surface area contributed by atoms with Crippen LogP contribution in [0.2, 0.25) is 5.15 Å². The molecule has 208 valence electrons. The maximum atomic E-state index is 15.6. The summed E-state index contributed by atoms with van der Waals surface area (Å²) in [5.41, 5.74) is 12.0. The van der Waals surface area contributed by atoms with Crippen molar-refractivity contribution in [2.24, 2.45) is 0 Å². The molecular weight excluding hydrogens is 545 g/mol. The van der Waals surface area contributed by atoms with Gasteiger partial charge in [0.15, 0.2) is 11.6 Å². The maximum absolute atomic E-state index is 15.6. The van der Waals surface area contributed by atoms with Crippen molar-refractivity contribution in [1.29, 1.82) is 0 Å². The monoisotopic (exact) mass is 571 g/mol. The van der Waals surface area contributed by atoms with Crippen molar-refractivity contribution in [3.05, 3.63) is 77.6 Å². The number of rotatable bonds is 5. The summed E-state index contributed by atoms with van der Waals surface area (Å²) in [5, 5.41) is 0.969. The minimum absolute atomic E-state index is 0.0802. The molecule has 2 aliphatic heterocycles. The molecule has 0 saturated carbocycles. The number of pyridine rings is 1. The third-order valence-electron chi connectivity index (χ3n) is 7.53. The van der Waals surface area contributed by atoms with Crippen LogP contribution in [-0.2, 0) is 11.3 Å². The number of nitrogens with two attached hydrogens (primary N) is 1. The average Bonchev–Trinajstić information content (AvgIpc) is 3.54. The Labute approximate surface area is 240 Å². The molecule has 1 saturated heterocycles. The predicted molar refractivity (Wildman–Crippen MR) is 158 cm³/mol. The molecule has 0 unspecified atom stereocenters. The van der Waals surface area contributed by atoms with Gasteiger partial charge in [-0.1, -0.05) is 29.8 Å². The van der Waals surface area contributed by atoms with Gasteiger partial charge in [-0.15, -0.1) is 0 Å². The fraction of sp³-hybridized carbons (Fsp3) is 0.233. The van der Waals surface area contributed by atoms with Crippen LogP contribution in [0.15, 0.2) is 60.9 Å². The number of hydrogen-bond acceptors (Lipinski definition) is 8. The number of ether oxygens (including phenoxy) is 2. The van der Waals surface area contributed by atoms with Crippen LogP contribution in [0.5, 0.6) is 11.6 Å². The smallest absolute Gasteiger partial charge is 0.219 e. The van der Waals surface area contributed by atoms with Gasteiger partial charge in [-0.2, -0.15) is 0 Å². The minimum atomic E-state index is -0.519. The van der Waals surface area contributed by atoms with Crippen LogP contribution >= 0.6 is 11.6 Å². The highest BCUT2D eigenvalue weighted by Gasteiger charge is 2.33. The lowest BCUT2D eigenvalue weighted by atomic mass is 10.0. The molecule has 0 atom stereocenters. The van der Waals surface area contributed by atoms with E-state index in [0.29, 0.717) is 59.6 Å². The molecule has 0 amide bonds. The first-order valence-corrected chi connectivity index (χ1v) is 13.8. The Bertz CT molecular complexity index is 1790.